The first-order valence-corrected chi connectivity index (χ1v) is 11.0. The fourth-order valence-corrected chi connectivity index (χ4v) is 4.40. The number of hydrogen-bond donors (Lipinski definition) is 2. The van der Waals surface area contributed by atoms with Gasteiger partial charge in [0.1, 0.15) is 0 Å². The molecule has 1 saturated carbocycles. The van der Waals surface area contributed by atoms with E-state index in [1.807, 2.05) is 36.9 Å². The SMILES string of the molecule is CC(C)NC(=O)N1CCC[C@@H](c2cccc(C(=O)NC3CCCCCC3)c2)C1. The minimum atomic E-state index is 0.0157. The molecule has 0 unspecified atom stereocenters. The number of nitrogens with one attached hydrogen (secondary N) is 2. The molecule has 28 heavy (non-hydrogen) atoms. The molecule has 0 spiro atoms. The number of benzene rings is 1. The van der Waals surface area contributed by atoms with Gasteiger partial charge in [0.25, 0.3) is 5.91 Å². The zero-order valence-electron chi connectivity index (χ0n) is 17.4. The fraction of sp³-hybridized carbons (Fsp3) is 0.652. The van der Waals surface area contributed by atoms with Crippen LogP contribution in [-0.4, -0.2) is 42.0 Å². The van der Waals surface area contributed by atoms with Gasteiger partial charge in [0.15, 0.2) is 0 Å². The number of urea groups is 1. The molecular formula is C23H35N3O2. The van der Waals surface area contributed by atoms with E-state index in [1.54, 1.807) is 0 Å². The first-order chi connectivity index (χ1) is 13.5. The molecule has 2 fully saturated rings. The van der Waals surface area contributed by atoms with Crippen LogP contribution in [0.2, 0.25) is 0 Å². The maximum Gasteiger partial charge on any atom is 0.317 e. The van der Waals surface area contributed by atoms with E-state index in [1.165, 1.54) is 25.7 Å². The van der Waals surface area contributed by atoms with Crippen molar-refractivity contribution in [2.75, 3.05) is 13.1 Å². The second kappa shape index (κ2) is 9.94. The first kappa shape index (κ1) is 20.7. The first-order valence-electron chi connectivity index (χ1n) is 11.0. The van der Waals surface area contributed by atoms with E-state index in [0.717, 1.165) is 43.4 Å². The zero-order chi connectivity index (χ0) is 19.9. The van der Waals surface area contributed by atoms with Gasteiger partial charge in [-0.1, -0.05) is 37.8 Å². The van der Waals surface area contributed by atoms with Gasteiger partial charge in [0.2, 0.25) is 0 Å². The Hall–Kier alpha value is -2.04. The summed E-state index contributed by atoms with van der Waals surface area (Å²) in [6, 6.07) is 8.47. The molecule has 2 aliphatic rings. The number of rotatable bonds is 4. The molecule has 3 rings (SSSR count). The van der Waals surface area contributed by atoms with E-state index in [0.29, 0.717) is 12.6 Å². The number of hydrogen-bond acceptors (Lipinski definition) is 2. The molecule has 1 atom stereocenters. The maximum atomic E-state index is 12.8. The lowest BCUT2D eigenvalue weighted by Crippen LogP contribution is -2.47. The lowest BCUT2D eigenvalue weighted by Gasteiger charge is -2.33. The third-order valence-electron chi connectivity index (χ3n) is 5.93. The van der Waals surface area contributed by atoms with E-state index in [9.17, 15) is 9.59 Å². The van der Waals surface area contributed by atoms with E-state index in [2.05, 4.69) is 16.7 Å². The molecule has 1 heterocycles. The summed E-state index contributed by atoms with van der Waals surface area (Å²) < 4.78 is 0. The second-order valence-corrected chi connectivity index (χ2v) is 8.68. The molecule has 1 aromatic rings. The van der Waals surface area contributed by atoms with Crippen LogP contribution in [0.1, 0.15) is 87.1 Å². The summed E-state index contributed by atoms with van der Waals surface area (Å²) in [7, 11) is 0. The summed E-state index contributed by atoms with van der Waals surface area (Å²) in [6.07, 6.45) is 9.22. The van der Waals surface area contributed by atoms with Gasteiger partial charge in [-0.25, -0.2) is 4.79 Å². The highest BCUT2D eigenvalue weighted by Gasteiger charge is 2.25. The van der Waals surface area contributed by atoms with Crippen molar-refractivity contribution in [2.45, 2.75) is 83.2 Å². The van der Waals surface area contributed by atoms with Gasteiger partial charge in [-0.15, -0.1) is 0 Å². The number of likely N-dealkylation sites (tertiary alicyclic amines) is 1. The zero-order valence-corrected chi connectivity index (χ0v) is 17.4. The van der Waals surface area contributed by atoms with Crippen molar-refractivity contribution in [1.82, 2.24) is 15.5 Å². The van der Waals surface area contributed by atoms with Gasteiger partial charge in [-0.3, -0.25) is 4.79 Å². The van der Waals surface area contributed by atoms with Crippen LogP contribution in [0.5, 0.6) is 0 Å². The highest BCUT2D eigenvalue weighted by Crippen LogP contribution is 2.28. The van der Waals surface area contributed by atoms with Crippen LogP contribution in [0.15, 0.2) is 24.3 Å². The van der Waals surface area contributed by atoms with Crippen molar-refractivity contribution in [1.29, 1.82) is 0 Å². The van der Waals surface area contributed by atoms with Crippen LogP contribution in [0, 0.1) is 0 Å². The molecule has 2 N–H and O–H groups in total. The number of piperidine rings is 1. The summed E-state index contributed by atoms with van der Waals surface area (Å²) in [5.74, 6) is 0.330. The molecule has 5 heteroatoms. The number of nitrogens with zero attached hydrogens (tertiary/aromatic N) is 1. The minimum absolute atomic E-state index is 0.0157. The Morgan fingerprint density at radius 1 is 1.04 bits per heavy atom. The molecule has 0 radical (unpaired) electrons. The Morgan fingerprint density at radius 3 is 2.50 bits per heavy atom. The molecule has 5 nitrogen and oxygen atoms in total. The smallest absolute Gasteiger partial charge is 0.317 e. The lowest BCUT2D eigenvalue weighted by atomic mass is 9.89. The third kappa shape index (κ3) is 5.73. The molecule has 1 saturated heterocycles. The van der Waals surface area contributed by atoms with Crippen LogP contribution >= 0.6 is 0 Å². The molecule has 0 bridgehead atoms. The number of carbonyl (C=O) groups is 2. The fourth-order valence-electron chi connectivity index (χ4n) is 4.40. The topological polar surface area (TPSA) is 61.4 Å². The van der Waals surface area contributed by atoms with Crippen molar-refractivity contribution >= 4 is 11.9 Å². The lowest BCUT2D eigenvalue weighted by molar-refractivity contribution is 0.0933. The molecule has 154 valence electrons. The summed E-state index contributed by atoms with van der Waals surface area (Å²) in [5.41, 5.74) is 1.90. The van der Waals surface area contributed by atoms with Crippen LogP contribution in [0.25, 0.3) is 0 Å². The third-order valence-corrected chi connectivity index (χ3v) is 5.93. The summed E-state index contributed by atoms with van der Waals surface area (Å²) >= 11 is 0. The summed E-state index contributed by atoms with van der Waals surface area (Å²) in [6.45, 7) is 5.48. The minimum Gasteiger partial charge on any atom is -0.349 e. The predicted octanol–water partition coefficient (Wildman–Crippen LogP) is 4.44. The Kier molecular flexibility index (Phi) is 7.35. The van der Waals surface area contributed by atoms with Gasteiger partial charge < -0.3 is 15.5 Å². The highest BCUT2D eigenvalue weighted by atomic mass is 16.2. The Bertz CT molecular complexity index is 666. The predicted molar refractivity (Wildman–Crippen MR) is 113 cm³/mol. The van der Waals surface area contributed by atoms with E-state index in [4.69, 9.17) is 0 Å². The molecular weight excluding hydrogens is 350 g/mol. The Labute approximate surface area is 169 Å². The van der Waals surface area contributed by atoms with Gasteiger partial charge in [0, 0.05) is 36.7 Å². The van der Waals surface area contributed by atoms with Crippen LogP contribution < -0.4 is 10.6 Å². The van der Waals surface area contributed by atoms with Crippen LogP contribution in [0.4, 0.5) is 4.79 Å². The molecule has 1 aliphatic heterocycles. The molecule has 3 amide bonds. The van der Waals surface area contributed by atoms with Crippen molar-refractivity contribution in [3.05, 3.63) is 35.4 Å². The quantitative estimate of drug-likeness (QED) is 0.753. The van der Waals surface area contributed by atoms with Gasteiger partial charge >= 0.3 is 6.03 Å². The van der Waals surface area contributed by atoms with Crippen LogP contribution in [0.3, 0.4) is 0 Å². The Morgan fingerprint density at radius 2 is 1.79 bits per heavy atom. The molecule has 1 aromatic carbocycles. The number of carbonyl (C=O) groups excluding carboxylic acids is 2. The molecule has 0 aromatic heterocycles. The van der Waals surface area contributed by atoms with Crippen molar-refractivity contribution in [2.24, 2.45) is 0 Å². The van der Waals surface area contributed by atoms with Crippen molar-refractivity contribution < 1.29 is 9.59 Å². The van der Waals surface area contributed by atoms with E-state index >= 15 is 0 Å². The van der Waals surface area contributed by atoms with Gasteiger partial charge in [0.05, 0.1) is 0 Å². The largest absolute Gasteiger partial charge is 0.349 e. The summed E-state index contributed by atoms with van der Waals surface area (Å²) in [4.78, 5) is 27.0. The van der Waals surface area contributed by atoms with Crippen molar-refractivity contribution in [3.63, 3.8) is 0 Å². The summed E-state index contributed by atoms with van der Waals surface area (Å²) in [5, 5.41) is 6.23. The maximum absolute atomic E-state index is 12.8. The normalized spacial score (nSPS) is 21.2. The second-order valence-electron chi connectivity index (χ2n) is 8.68. The number of amides is 3. The van der Waals surface area contributed by atoms with Crippen molar-refractivity contribution in [3.8, 4) is 0 Å². The van der Waals surface area contributed by atoms with E-state index in [-0.39, 0.29) is 23.9 Å². The average molecular weight is 386 g/mol. The molecule has 1 aliphatic carbocycles. The van der Waals surface area contributed by atoms with Gasteiger partial charge in [-0.05, 0) is 57.2 Å². The van der Waals surface area contributed by atoms with Crippen LogP contribution in [-0.2, 0) is 0 Å². The van der Waals surface area contributed by atoms with Gasteiger partial charge in [-0.2, -0.15) is 0 Å². The Balaban J connectivity index is 1.63. The average Bonchev–Trinajstić information content (AvgIpc) is 2.96. The van der Waals surface area contributed by atoms with E-state index < -0.39 is 0 Å². The standard InChI is InChI=1S/C23H35N3O2/c1-17(2)24-23(28)26-14-8-11-20(16-26)18-9-7-10-19(15-18)22(27)25-21-12-5-3-4-6-13-21/h7,9-10,15,17,20-21H,3-6,8,11-14,16H2,1-2H3,(H,24,28)(H,25,27)/t20-/m1/s1. The monoisotopic (exact) mass is 385 g/mol. The highest BCUT2D eigenvalue weighted by molar-refractivity contribution is 5.94.